The molecule has 0 aromatic heterocycles. The first-order valence-electron chi connectivity index (χ1n) is 6.84. The van der Waals surface area contributed by atoms with Crippen LogP contribution in [0.1, 0.15) is 33.1 Å². The Hall–Kier alpha value is -1.13. The summed E-state index contributed by atoms with van der Waals surface area (Å²) < 4.78 is 11.1. The van der Waals surface area contributed by atoms with Crippen molar-refractivity contribution in [2.45, 2.75) is 57.0 Å². The lowest BCUT2D eigenvalue weighted by atomic mass is 9.83. The number of hydrogen-bond donors (Lipinski definition) is 1. The van der Waals surface area contributed by atoms with E-state index in [1.54, 1.807) is 0 Å². The van der Waals surface area contributed by atoms with Crippen LogP contribution in [0.2, 0.25) is 0 Å². The molecule has 104 valence electrons. The standard InChI is InChI=1S/C15H20O4/c1-8-4-5-12-15(3,19-12)7-11-13(10(16)6-8)9(2)14(17)18-11/h6,10-13,16H,2,4-5,7H2,1,3H3/b8-6+/t10-,11+,12-,13-,15+/m1/s1. The molecule has 0 bridgehead atoms. The van der Waals surface area contributed by atoms with Crippen molar-refractivity contribution in [3.63, 3.8) is 0 Å². The maximum atomic E-state index is 11.7. The highest BCUT2D eigenvalue weighted by Gasteiger charge is 2.56. The summed E-state index contributed by atoms with van der Waals surface area (Å²) in [5.74, 6) is -0.734. The lowest BCUT2D eigenvalue weighted by Crippen LogP contribution is -2.32. The van der Waals surface area contributed by atoms with Crippen molar-refractivity contribution < 1.29 is 19.4 Å². The Bertz CT molecular complexity index is 467. The fraction of sp³-hybridized carbons (Fsp3) is 0.667. The molecule has 2 aliphatic heterocycles. The third kappa shape index (κ3) is 2.13. The van der Waals surface area contributed by atoms with Crippen LogP contribution >= 0.6 is 0 Å². The van der Waals surface area contributed by atoms with Crippen LogP contribution < -0.4 is 0 Å². The molecule has 5 atom stereocenters. The second-order valence-electron chi connectivity index (χ2n) is 6.16. The second kappa shape index (κ2) is 4.18. The molecule has 2 saturated heterocycles. The lowest BCUT2D eigenvalue weighted by molar-refractivity contribution is -0.140. The van der Waals surface area contributed by atoms with Gasteiger partial charge in [-0.1, -0.05) is 18.2 Å². The Balaban J connectivity index is 1.92. The largest absolute Gasteiger partial charge is 0.458 e. The number of epoxide rings is 1. The molecule has 4 heteroatoms. The second-order valence-corrected chi connectivity index (χ2v) is 6.16. The summed E-state index contributed by atoms with van der Waals surface area (Å²) in [5.41, 5.74) is 1.28. The van der Waals surface area contributed by atoms with Crippen LogP contribution in [0.3, 0.4) is 0 Å². The molecule has 0 amide bonds. The van der Waals surface area contributed by atoms with Crippen LogP contribution in [-0.4, -0.2) is 35.0 Å². The zero-order valence-electron chi connectivity index (χ0n) is 11.4. The first-order chi connectivity index (χ1) is 8.90. The van der Waals surface area contributed by atoms with Gasteiger partial charge in [-0.05, 0) is 26.7 Å². The summed E-state index contributed by atoms with van der Waals surface area (Å²) >= 11 is 0. The molecule has 2 heterocycles. The van der Waals surface area contributed by atoms with Crippen molar-refractivity contribution in [1.82, 2.24) is 0 Å². The minimum atomic E-state index is -0.706. The van der Waals surface area contributed by atoms with Gasteiger partial charge in [0, 0.05) is 12.0 Å². The van der Waals surface area contributed by atoms with Crippen LogP contribution in [-0.2, 0) is 14.3 Å². The Kier molecular flexibility index (Phi) is 2.84. The molecule has 0 spiro atoms. The zero-order chi connectivity index (χ0) is 13.8. The third-order valence-electron chi connectivity index (χ3n) is 4.59. The van der Waals surface area contributed by atoms with Gasteiger partial charge in [0.25, 0.3) is 0 Å². The van der Waals surface area contributed by atoms with Crippen molar-refractivity contribution in [2.75, 3.05) is 0 Å². The Morgan fingerprint density at radius 2 is 2.26 bits per heavy atom. The van der Waals surface area contributed by atoms with Gasteiger partial charge in [-0.2, -0.15) is 0 Å². The van der Waals surface area contributed by atoms with Gasteiger partial charge < -0.3 is 14.6 Å². The average Bonchev–Trinajstić information content (AvgIpc) is 2.87. The number of carbonyl (C=O) groups is 1. The van der Waals surface area contributed by atoms with Gasteiger partial charge in [0.2, 0.25) is 0 Å². The van der Waals surface area contributed by atoms with Crippen molar-refractivity contribution in [3.05, 3.63) is 23.8 Å². The van der Waals surface area contributed by atoms with Crippen molar-refractivity contribution in [2.24, 2.45) is 5.92 Å². The average molecular weight is 264 g/mol. The van der Waals surface area contributed by atoms with E-state index in [-0.39, 0.29) is 29.7 Å². The van der Waals surface area contributed by atoms with Gasteiger partial charge in [0.05, 0.1) is 23.7 Å². The number of aliphatic hydroxyl groups excluding tert-OH is 1. The quantitative estimate of drug-likeness (QED) is 0.313. The van der Waals surface area contributed by atoms with E-state index in [2.05, 4.69) is 13.5 Å². The number of carbonyl (C=O) groups excluding carboxylic acids is 1. The number of ether oxygens (including phenoxy) is 2. The van der Waals surface area contributed by atoms with E-state index in [9.17, 15) is 9.90 Å². The van der Waals surface area contributed by atoms with E-state index in [0.717, 1.165) is 18.4 Å². The summed E-state index contributed by atoms with van der Waals surface area (Å²) in [6.45, 7) is 7.83. The molecule has 1 N–H and O–H groups in total. The Morgan fingerprint density at radius 3 is 3.00 bits per heavy atom. The monoisotopic (exact) mass is 264 g/mol. The van der Waals surface area contributed by atoms with Crippen LogP contribution in [0.15, 0.2) is 23.8 Å². The van der Waals surface area contributed by atoms with E-state index in [0.29, 0.717) is 12.0 Å². The van der Waals surface area contributed by atoms with E-state index < -0.39 is 6.10 Å². The van der Waals surface area contributed by atoms with Gasteiger partial charge in [-0.3, -0.25) is 0 Å². The fourth-order valence-electron chi connectivity index (χ4n) is 3.31. The summed E-state index contributed by atoms with van der Waals surface area (Å²) in [6.07, 6.45) is 3.54. The molecule has 0 aromatic rings. The lowest BCUT2D eigenvalue weighted by Gasteiger charge is -2.24. The number of rotatable bonds is 0. The predicted octanol–water partition coefficient (Wildman–Crippen LogP) is 1.73. The van der Waals surface area contributed by atoms with Crippen LogP contribution in [0, 0.1) is 5.92 Å². The molecule has 0 unspecified atom stereocenters. The molecule has 1 aliphatic carbocycles. The van der Waals surface area contributed by atoms with Gasteiger partial charge in [-0.25, -0.2) is 4.79 Å². The fourth-order valence-corrected chi connectivity index (χ4v) is 3.31. The summed E-state index contributed by atoms with van der Waals surface area (Å²) in [4.78, 5) is 11.7. The minimum Gasteiger partial charge on any atom is -0.458 e. The number of hydrogen-bond acceptors (Lipinski definition) is 4. The SMILES string of the molecule is C=C1C(=O)O[C@H]2C[C@]3(C)O[C@@H]3CC/C(C)=C/[C@@H](O)[C@@H]12. The summed E-state index contributed by atoms with van der Waals surface area (Å²) in [6, 6.07) is 0. The Morgan fingerprint density at radius 1 is 1.53 bits per heavy atom. The molecule has 3 rings (SSSR count). The van der Waals surface area contributed by atoms with E-state index >= 15 is 0 Å². The topological polar surface area (TPSA) is 59.1 Å². The van der Waals surface area contributed by atoms with Crippen LogP contribution in [0.5, 0.6) is 0 Å². The molecule has 0 saturated carbocycles. The number of aliphatic hydroxyl groups is 1. The molecule has 19 heavy (non-hydrogen) atoms. The predicted molar refractivity (Wildman–Crippen MR) is 69.4 cm³/mol. The van der Waals surface area contributed by atoms with E-state index in [1.165, 1.54) is 0 Å². The maximum absolute atomic E-state index is 11.7. The van der Waals surface area contributed by atoms with Crippen LogP contribution in [0.4, 0.5) is 0 Å². The van der Waals surface area contributed by atoms with Gasteiger partial charge in [-0.15, -0.1) is 0 Å². The van der Waals surface area contributed by atoms with Crippen molar-refractivity contribution >= 4 is 5.97 Å². The molecule has 2 fully saturated rings. The van der Waals surface area contributed by atoms with Gasteiger partial charge >= 0.3 is 5.97 Å². The van der Waals surface area contributed by atoms with Gasteiger partial charge in [0.15, 0.2) is 0 Å². The molecule has 3 aliphatic rings. The Labute approximate surface area is 113 Å². The molecular formula is C15H20O4. The highest BCUT2D eigenvalue weighted by atomic mass is 16.6. The van der Waals surface area contributed by atoms with E-state index in [4.69, 9.17) is 9.47 Å². The minimum absolute atomic E-state index is 0.217. The first-order valence-corrected chi connectivity index (χ1v) is 6.84. The highest BCUT2D eigenvalue weighted by Crippen LogP contribution is 2.47. The van der Waals surface area contributed by atoms with Crippen LogP contribution in [0.25, 0.3) is 0 Å². The highest BCUT2D eigenvalue weighted by molar-refractivity contribution is 5.91. The van der Waals surface area contributed by atoms with Gasteiger partial charge in [0.1, 0.15) is 6.10 Å². The molecule has 0 radical (unpaired) electrons. The number of fused-ring (bicyclic) bond motifs is 2. The maximum Gasteiger partial charge on any atom is 0.334 e. The molecule has 4 nitrogen and oxygen atoms in total. The zero-order valence-corrected chi connectivity index (χ0v) is 11.4. The normalized spacial score (nSPS) is 48.7. The number of esters is 1. The smallest absolute Gasteiger partial charge is 0.334 e. The first kappa shape index (κ1) is 12.9. The summed E-state index contributed by atoms with van der Waals surface area (Å²) in [7, 11) is 0. The van der Waals surface area contributed by atoms with E-state index in [1.807, 2.05) is 13.0 Å². The van der Waals surface area contributed by atoms with Crippen molar-refractivity contribution in [3.8, 4) is 0 Å². The summed E-state index contributed by atoms with van der Waals surface area (Å²) in [5, 5.41) is 10.3. The number of allylic oxidation sites excluding steroid dienone is 1. The molecular weight excluding hydrogens is 244 g/mol. The molecule has 0 aromatic carbocycles. The van der Waals surface area contributed by atoms with Crippen molar-refractivity contribution in [1.29, 1.82) is 0 Å². The third-order valence-corrected chi connectivity index (χ3v) is 4.59.